The van der Waals surface area contributed by atoms with Crippen molar-refractivity contribution in [3.8, 4) is 17.2 Å². The molecule has 0 aliphatic rings. The maximum absolute atomic E-state index is 11.9. The average Bonchev–Trinajstić information content (AvgIpc) is 2.42. The van der Waals surface area contributed by atoms with Crippen molar-refractivity contribution in [2.45, 2.75) is 13.3 Å². The predicted molar refractivity (Wildman–Crippen MR) is 66.8 cm³/mol. The number of aromatic nitrogens is 3. The number of hydrogen-bond acceptors (Lipinski definition) is 4. The molecule has 2 aromatic heterocycles. The Morgan fingerprint density at radius 1 is 1.44 bits per heavy atom. The van der Waals surface area contributed by atoms with Crippen LogP contribution in [0, 0.1) is 11.3 Å². The molecule has 90 valence electrons. The van der Waals surface area contributed by atoms with Gasteiger partial charge >= 0.3 is 0 Å². The highest BCUT2D eigenvalue weighted by Gasteiger charge is 2.12. The Hall–Kier alpha value is -2.48. The van der Waals surface area contributed by atoms with Gasteiger partial charge in [-0.15, -0.1) is 0 Å². The van der Waals surface area contributed by atoms with Gasteiger partial charge in [-0.05, 0) is 18.6 Å². The highest BCUT2D eigenvalue weighted by atomic mass is 16.1. The van der Waals surface area contributed by atoms with E-state index in [1.165, 1.54) is 4.57 Å². The second kappa shape index (κ2) is 4.80. The van der Waals surface area contributed by atoms with Gasteiger partial charge in [-0.2, -0.15) is 15.5 Å². The Morgan fingerprint density at radius 3 is 2.78 bits per heavy atom. The van der Waals surface area contributed by atoms with Crippen LogP contribution >= 0.6 is 0 Å². The summed E-state index contributed by atoms with van der Waals surface area (Å²) in [6.45, 7) is 1.97. The Bertz CT molecular complexity index is 668. The molecule has 18 heavy (non-hydrogen) atoms. The maximum Gasteiger partial charge on any atom is 0.268 e. The third-order valence-corrected chi connectivity index (χ3v) is 2.89. The Balaban J connectivity index is 2.79. The van der Waals surface area contributed by atoms with Crippen LogP contribution in [0.3, 0.4) is 0 Å². The zero-order valence-corrected chi connectivity index (χ0v) is 10.2. The molecular formula is C13H12N4O. The van der Waals surface area contributed by atoms with E-state index < -0.39 is 0 Å². The Kier molecular flexibility index (Phi) is 3.20. The molecule has 0 spiro atoms. The second-order valence-electron chi connectivity index (χ2n) is 3.88. The first-order valence-corrected chi connectivity index (χ1v) is 5.59. The van der Waals surface area contributed by atoms with Crippen molar-refractivity contribution in [2.75, 3.05) is 0 Å². The minimum Gasteiger partial charge on any atom is -0.314 e. The topological polar surface area (TPSA) is 71.6 Å². The average molecular weight is 240 g/mol. The molecule has 0 aliphatic heterocycles. The fraction of sp³-hybridized carbons (Fsp3) is 0.231. The van der Waals surface area contributed by atoms with Gasteiger partial charge in [-0.25, -0.2) is 0 Å². The van der Waals surface area contributed by atoms with Crippen LogP contribution in [0.25, 0.3) is 11.1 Å². The van der Waals surface area contributed by atoms with E-state index in [2.05, 4.69) is 10.2 Å². The molecule has 0 aromatic carbocycles. The van der Waals surface area contributed by atoms with E-state index >= 15 is 0 Å². The first-order valence-electron chi connectivity index (χ1n) is 5.59. The van der Waals surface area contributed by atoms with E-state index in [4.69, 9.17) is 5.26 Å². The van der Waals surface area contributed by atoms with Gasteiger partial charge in [0.1, 0.15) is 11.6 Å². The van der Waals surface area contributed by atoms with E-state index in [-0.39, 0.29) is 11.1 Å². The molecule has 0 bridgehead atoms. The van der Waals surface area contributed by atoms with Crippen molar-refractivity contribution in [2.24, 2.45) is 7.05 Å². The molecule has 2 heterocycles. The van der Waals surface area contributed by atoms with Gasteiger partial charge in [0, 0.05) is 23.9 Å². The zero-order chi connectivity index (χ0) is 13.1. The van der Waals surface area contributed by atoms with Gasteiger partial charge in [0.05, 0.1) is 12.4 Å². The van der Waals surface area contributed by atoms with E-state index in [0.29, 0.717) is 6.42 Å². The largest absolute Gasteiger partial charge is 0.314 e. The molecular weight excluding hydrogens is 228 g/mol. The summed E-state index contributed by atoms with van der Waals surface area (Å²) in [5, 5.41) is 16.5. The zero-order valence-electron chi connectivity index (χ0n) is 10.2. The van der Waals surface area contributed by atoms with Crippen molar-refractivity contribution in [3.05, 3.63) is 46.1 Å². The normalized spacial score (nSPS) is 10.1. The molecule has 0 radical (unpaired) electrons. The molecule has 0 atom stereocenters. The van der Waals surface area contributed by atoms with Crippen molar-refractivity contribution in [3.63, 3.8) is 0 Å². The number of rotatable bonds is 2. The molecule has 5 nitrogen and oxygen atoms in total. The number of pyridine rings is 1. The summed E-state index contributed by atoms with van der Waals surface area (Å²) >= 11 is 0. The lowest BCUT2D eigenvalue weighted by molar-refractivity contribution is 0.782. The van der Waals surface area contributed by atoms with Crippen molar-refractivity contribution < 1.29 is 0 Å². The van der Waals surface area contributed by atoms with Crippen molar-refractivity contribution >= 4 is 0 Å². The second-order valence-corrected chi connectivity index (χ2v) is 3.88. The highest BCUT2D eigenvalue weighted by molar-refractivity contribution is 5.66. The Labute approximate surface area is 104 Å². The lowest BCUT2D eigenvalue weighted by atomic mass is 10.0. The van der Waals surface area contributed by atoms with E-state index in [0.717, 1.165) is 16.8 Å². The Morgan fingerprint density at radius 2 is 2.22 bits per heavy atom. The minimum absolute atomic E-state index is 0.140. The highest BCUT2D eigenvalue weighted by Crippen LogP contribution is 2.22. The molecule has 0 aliphatic carbocycles. The lowest BCUT2D eigenvalue weighted by Gasteiger charge is -2.12. The van der Waals surface area contributed by atoms with Gasteiger partial charge < -0.3 is 4.57 Å². The number of nitrogens with zero attached hydrogens (tertiary/aromatic N) is 4. The van der Waals surface area contributed by atoms with Crippen LogP contribution < -0.4 is 5.56 Å². The van der Waals surface area contributed by atoms with Crippen LogP contribution in [-0.4, -0.2) is 14.8 Å². The summed E-state index contributed by atoms with van der Waals surface area (Å²) in [6.07, 6.45) is 3.92. The van der Waals surface area contributed by atoms with E-state index in [1.807, 2.05) is 19.1 Å². The van der Waals surface area contributed by atoms with Crippen LogP contribution in [0.5, 0.6) is 0 Å². The molecule has 0 unspecified atom stereocenters. The summed E-state index contributed by atoms with van der Waals surface area (Å²) in [4.78, 5) is 11.9. The van der Waals surface area contributed by atoms with Gasteiger partial charge in [0.15, 0.2) is 0 Å². The summed E-state index contributed by atoms with van der Waals surface area (Å²) in [5.41, 5.74) is 2.47. The number of nitriles is 1. The fourth-order valence-electron chi connectivity index (χ4n) is 1.98. The fourth-order valence-corrected chi connectivity index (χ4v) is 1.98. The first-order chi connectivity index (χ1) is 8.69. The summed E-state index contributed by atoms with van der Waals surface area (Å²) in [7, 11) is 1.68. The lowest BCUT2D eigenvalue weighted by Crippen LogP contribution is -2.23. The predicted octanol–water partition coefficient (Wildman–Crippen LogP) is 1.28. The summed E-state index contributed by atoms with van der Waals surface area (Å²) in [5.74, 6) is 0. The standard InChI is InChI=1S/C13H12N4O/c1-3-12-11(9-4-5-15-16-8-9)6-10(7-14)13(18)17(12)2/h4-6,8H,3H2,1-2H3. The van der Waals surface area contributed by atoms with Gasteiger partial charge in [-0.3, -0.25) is 4.79 Å². The molecule has 0 N–H and O–H groups in total. The van der Waals surface area contributed by atoms with Gasteiger partial charge in [0.2, 0.25) is 0 Å². The van der Waals surface area contributed by atoms with Crippen LogP contribution in [0.1, 0.15) is 18.2 Å². The quantitative estimate of drug-likeness (QED) is 0.792. The third-order valence-electron chi connectivity index (χ3n) is 2.89. The minimum atomic E-state index is -0.264. The van der Waals surface area contributed by atoms with Crippen LogP contribution in [0.15, 0.2) is 29.3 Å². The maximum atomic E-state index is 11.9. The molecule has 0 amide bonds. The number of hydrogen-bond donors (Lipinski definition) is 0. The smallest absolute Gasteiger partial charge is 0.268 e. The van der Waals surface area contributed by atoms with E-state index in [9.17, 15) is 4.79 Å². The van der Waals surface area contributed by atoms with E-state index in [1.54, 1.807) is 25.5 Å². The third kappa shape index (κ3) is 1.89. The monoisotopic (exact) mass is 240 g/mol. The molecule has 0 saturated heterocycles. The van der Waals surface area contributed by atoms with Crippen LogP contribution in [0.4, 0.5) is 0 Å². The van der Waals surface area contributed by atoms with Crippen LogP contribution in [-0.2, 0) is 13.5 Å². The molecule has 2 aromatic rings. The summed E-state index contributed by atoms with van der Waals surface area (Å²) in [6, 6.07) is 5.36. The summed E-state index contributed by atoms with van der Waals surface area (Å²) < 4.78 is 1.52. The molecule has 0 saturated carbocycles. The van der Waals surface area contributed by atoms with Crippen molar-refractivity contribution in [1.82, 2.24) is 14.8 Å². The molecule has 2 rings (SSSR count). The molecule has 5 heteroatoms. The van der Waals surface area contributed by atoms with Gasteiger partial charge in [-0.1, -0.05) is 6.92 Å². The molecule has 0 fully saturated rings. The van der Waals surface area contributed by atoms with Crippen LogP contribution in [0.2, 0.25) is 0 Å². The SMILES string of the molecule is CCc1c(-c2ccnnc2)cc(C#N)c(=O)n1C. The first kappa shape index (κ1) is 12.0. The van der Waals surface area contributed by atoms with Gasteiger partial charge in [0.25, 0.3) is 5.56 Å². The van der Waals surface area contributed by atoms with Crippen molar-refractivity contribution in [1.29, 1.82) is 5.26 Å².